The van der Waals surface area contributed by atoms with Gasteiger partial charge < -0.3 is 5.73 Å². The number of hydrogen-bond donors (Lipinski definition) is 1. The number of carbonyl (C=O) groups is 1. The van der Waals surface area contributed by atoms with Crippen molar-refractivity contribution in [2.75, 3.05) is 13.1 Å². The fourth-order valence-corrected chi connectivity index (χ4v) is 3.47. The average molecular weight is 232 g/mol. The maximum atomic E-state index is 11.3. The highest BCUT2D eigenvalue weighted by molar-refractivity contribution is 5.92. The second-order valence-electron chi connectivity index (χ2n) is 5.55. The molecule has 1 aliphatic carbocycles. The molecule has 92 valence electrons. The number of piperidine rings is 1. The minimum atomic E-state index is -0.253. The molecule has 2 bridgehead atoms. The van der Waals surface area contributed by atoms with Crippen LogP contribution in [0.5, 0.6) is 0 Å². The standard InChI is InChI=1S/C14H20N2O/c15-14(17)12-5-4-11-7-10-3-1-2-6-16(9-10)13(11)8-12/h4,8,10,13H,1-3,5-7,9H2,(H2,15,17). The SMILES string of the molecule is NC(=O)C1=CC2C(=CC1)CC1CCCCN2C1. The maximum Gasteiger partial charge on any atom is 0.244 e. The number of rotatable bonds is 1. The van der Waals surface area contributed by atoms with E-state index in [2.05, 4.69) is 17.1 Å². The zero-order valence-corrected chi connectivity index (χ0v) is 10.2. The van der Waals surface area contributed by atoms with E-state index in [1.54, 1.807) is 0 Å². The fourth-order valence-electron chi connectivity index (χ4n) is 3.47. The summed E-state index contributed by atoms with van der Waals surface area (Å²) >= 11 is 0. The fraction of sp³-hybridized carbons (Fsp3) is 0.643. The molecule has 0 spiro atoms. The van der Waals surface area contributed by atoms with Gasteiger partial charge in [-0.15, -0.1) is 0 Å². The summed E-state index contributed by atoms with van der Waals surface area (Å²) in [6.07, 6.45) is 10.3. The Balaban J connectivity index is 1.87. The molecular formula is C14H20N2O. The Labute approximate surface area is 102 Å². The Kier molecular flexibility index (Phi) is 2.79. The van der Waals surface area contributed by atoms with Crippen molar-refractivity contribution in [3.8, 4) is 0 Å². The Morgan fingerprint density at radius 3 is 3.12 bits per heavy atom. The molecule has 2 fully saturated rings. The van der Waals surface area contributed by atoms with E-state index < -0.39 is 0 Å². The molecule has 3 atom stereocenters. The molecular weight excluding hydrogens is 212 g/mol. The number of fused-ring (bicyclic) bond motifs is 4. The van der Waals surface area contributed by atoms with Crippen molar-refractivity contribution >= 4 is 5.91 Å². The van der Waals surface area contributed by atoms with Crippen LogP contribution in [0.15, 0.2) is 23.3 Å². The first-order valence-electron chi connectivity index (χ1n) is 6.67. The average Bonchev–Trinajstić information content (AvgIpc) is 2.51. The van der Waals surface area contributed by atoms with Crippen LogP contribution in [0.25, 0.3) is 0 Å². The highest BCUT2D eigenvalue weighted by Crippen LogP contribution is 2.36. The molecule has 2 saturated heterocycles. The first-order valence-corrected chi connectivity index (χ1v) is 6.67. The smallest absolute Gasteiger partial charge is 0.244 e. The molecule has 0 saturated carbocycles. The van der Waals surface area contributed by atoms with Crippen molar-refractivity contribution in [2.45, 2.75) is 38.1 Å². The topological polar surface area (TPSA) is 46.3 Å². The summed E-state index contributed by atoms with van der Waals surface area (Å²) in [5.41, 5.74) is 7.71. The number of nitrogens with two attached hydrogens (primary N) is 1. The van der Waals surface area contributed by atoms with Gasteiger partial charge in [0.2, 0.25) is 5.91 Å². The number of amides is 1. The van der Waals surface area contributed by atoms with Crippen LogP contribution in [0.3, 0.4) is 0 Å². The van der Waals surface area contributed by atoms with Gasteiger partial charge in [-0.3, -0.25) is 9.69 Å². The van der Waals surface area contributed by atoms with Crippen LogP contribution in [-0.4, -0.2) is 29.9 Å². The lowest BCUT2D eigenvalue weighted by Gasteiger charge is -2.40. The largest absolute Gasteiger partial charge is 0.366 e. The normalized spacial score (nSPS) is 36.4. The quantitative estimate of drug-likeness (QED) is 0.698. The zero-order chi connectivity index (χ0) is 11.8. The van der Waals surface area contributed by atoms with Gasteiger partial charge in [-0.05, 0) is 38.1 Å². The summed E-state index contributed by atoms with van der Waals surface area (Å²) in [7, 11) is 0. The molecule has 2 aliphatic heterocycles. The van der Waals surface area contributed by atoms with Crippen LogP contribution in [0, 0.1) is 5.92 Å². The third-order valence-corrected chi connectivity index (χ3v) is 4.36. The molecule has 2 heterocycles. The lowest BCUT2D eigenvalue weighted by atomic mass is 9.82. The van der Waals surface area contributed by atoms with Gasteiger partial charge in [0.1, 0.15) is 0 Å². The van der Waals surface area contributed by atoms with Gasteiger partial charge in [-0.25, -0.2) is 0 Å². The van der Waals surface area contributed by atoms with E-state index >= 15 is 0 Å². The summed E-state index contributed by atoms with van der Waals surface area (Å²) in [5.74, 6) is 0.584. The van der Waals surface area contributed by atoms with Crippen LogP contribution in [0.4, 0.5) is 0 Å². The van der Waals surface area contributed by atoms with Gasteiger partial charge >= 0.3 is 0 Å². The van der Waals surface area contributed by atoms with Gasteiger partial charge in [0.15, 0.2) is 0 Å². The summed E-state index contributed by atoms with van der Waals surface area (Å²) in [6, 6.07) is 0.362. The van der Waals surface area contributed by atoms with E-state index in [9.17, 15) is 4.79 Å². The molecule has 3 heteroatoms. The molecule has 3 unspecified atom stereocenters. The van der Waals surface area contributed by atoms with E-state index in [1.807, 2.05) is 0 Å². The second-order valence-corrected chi connectivity index (χ2v) is 5.55. The molecule has 17 heavy (non-hydrogen) atoms. The molecule has 0 radical (unpaired) electrons. The lowest BCUT2D eigenvalue weighted by molar-refractivity contribution is -0.114. The van der Waals surface area contributed by atoms with Crippen LogP contribution >= 0.6 is 0 Å². The van der Waals surface area contributed by atoms with Crippen LogP contribution in [-0.2, 0) is 4.79 Å². The van der Waals surface area contributed by atoms with Crippen LogP contribution in [0.1, 0.15) is 32.1 Å². The van der Waals surface area contributed by atoms with E-state index in [0.29, 0.717) is 6.04 Å². The molecule has 0 aromatic carbocycles. The van der Waals surface area contributed by atoms with E-state index in [4.69, 9.17) is 5.73 Å². The molecule has 3 nitrogen and oxygen atoms in total. The summed E-state index contributed by atoms with van der Waals surface area (Å²) in [6.45, 7) is 2.37. The van der Waals surface area contributed by atoms with Crippen LogP contribution < -0.4 is 5.73 Å². The van der Waals surface area contributed by atoms with Crippen LogP contribution in [0.2, 0.25) is 0 Å². The Morgan fingerprint density at radius 2 is 2.29 bits per heavy atom. The predicted octanol–water partition coefficient (Wildman–Crippen LogP) is 1.60. The maximum absolute atomic E-state index is 11.3. The highest BCUT2D eigenvalue weighted by atomic mass is 16.1. The minimum absolute atomic E-state index is 0.253. The number of carbonyl (C=O) groups excluding carboxylic acids is 1. The molecule has 0 aromatic rings. The molecule has 2 N–H and O–H groups in total. The van der Waals surface area contributed by atoms with Crippen molar-refractivity contribution < 1.29 is 4.79 Å². The van der Waals surface area contributed by atoms with Crippen molar-refractivity contribution in [3.63, 3.8) is 0 Å². The Hall–Kier alpha value is -1.09. The van der Waals surface area contributed by atoms with E-state index in [0.717, 1.165) is 17.9 Å². The van der Waals surface area contributed by atoms with Crippen molar-refractivity contribution in [1.82, 2.24) is 4.90 Å². The Morgan fingerprint density at radius 1 is 1.41 bits per heavy atom. The van der Waals surface area contributed by atoms with Crippen molar-refractivity contribution in [2.24, 2.45) is 11.7 Å². The Bertz CT molecular complexity index is 397. The molecule has 3 rings (SSSR count). The monoisotopic (exact) mass is 232 g/mol. The second kappa shape index (κ2) is 4.30. The first-order chi connectivity index (χ1) is 8.24. The van der Waals surface area contributed by atoms with Gasteiger partial charge in [0.25, 0.3) is 0 Å². The molecule has 0 aromatic heterocycles. The molecule has 1 amide bonds. The summed E-state index contributed by atoms with van der Waals surface area (Å²) in [4.78, 5) is 13.8. The summed E-state index contributed by atoms with van der Waals surface area (Å²) in [5, 5.41) is 0. The first kappa shape index (κ1) is 11.0. The highest BCUT2D eigenvalue weighted by Gasteiger charge is 2.33. The zero-order valence-electron chi connectivity index (χ0n) is 10.2. The lowest BCUT2D eigenvalue weighted by Crippen LogP contribution is -2.44. The van der Waals surface area contributed by atoms with E-state index in [-0.39, 0.29) is 5.91 Å². The number of nitrogens with zero attached hydrogens (tertiary/aromatic N) is 1. The third kappa shape index (κ3) is 2.04. The minimum Gasteiger partial charge on any atom is -0.366 e. The van der Waals surface area contributed by atoms with Gasteiger partial charge in [0.05, 0.1) is 0 Å². The van der Waals surface area contributed by atoms with Gasteiger partial charge in [-0.2, -0.15) is 0 Å². The van der Waals surface area contributed by atoms with Crippen molar-refractivity contribution in [3.05, 3.63) is 23.3 Å². The molecule has 3 aliphatic rings. The third-order valence-electron chi connectivity index (χ3n) is 4.36. The van der Waals surface area contributed by atoms with Crippen molar-refractivity contribution in [1.29, 1.82) is 0 Å². The van der Waals surface area contributed by atoms with Gasteiger partial charge in [0, 0.05) is 18.2 Å². The number of allylic oxidation sites excluding steroid dienone is 1. The van der Waals surface area contributed by atoms with E-state index in [1.165, 1.54) is 44.3 Å². The number of primary amides is 1. The number of hydrogen-bond acceptors (Lipinski definition) is 2. The van der Waals surface area contributed by atoms with Gasteiger partial charge in [-0.1, -0.05) is 24.1 Å². The predicted molar refractivity (Wildman–Crippen MR) is 67.3 cm³/mol. The summed E-state index contributed by atoms with van der Waals surface area (Å²) < 4.78 is 0.